The minimum absolute atomic E-state index is 0.0159. The van der Waals surface area contributed by atoms with E-state index in [1.807, 2.05) is 24.3 Å². The molecule has 0 aromatic heterocycles. The number of rotatable bonds is 4. The lowest BCUT2D eigenvalue weighted by atomic mass is 9.97. The van der Waals surface area contributed by atoms with Gasteiger partial charge in [-0.05, 0) is 41.2 Å². The summed E-state index contributed by atoms with van der Waals surface area (Å²) in [6, 6.07) is 16.5. The van der Waals surface area contributed by atoms with Gasteiger partial charge in [-0.25, -0.2) is 0 Å². The molecule has 2 heteroatoms. The van der Waals surface area contributed by atoms with E-state index in [0.29, 0.717) is 5.92 Å². The van der Waals surface area contributed by atoms with Gasteiger partial charge < -0.3 is 5.73 Å². The third kappa shape index (κ3) is 3.82. The molecule has 0 aliphatic carbocycles. The fourth-order valence-electron chi connectivity index (χ4n) is 2.12. The van der Waals surface area contributed by atoms with Crippen LogP contribution in [-0.2, 0) is 6.42 Å². The lowest BCUT2D eigenvalue weighted by Crippen LogP contribution is -2.13. The van der Waals surface area contributed by atoms with Crippen molar-refractivity contribution in [1.29, 1.82) is 0 Å². The first-order valence-electron chi connectivity index (χ1n) is 6.66. The van der Waals surface area contributed by atoms with E-state index in [4.69, 9.17) is 17.3 Å². The Morgan fingerprint density at radius 1 is 0.895 bits per heavy atom. The normalized spacial score (nSPS) is 12.7. The molecule has 1 atom stereocenters. The van der Waals surface area contributed by atoms with Gasteiger partial charge in [0.25, 0.3) is 0 Å². The van der Waals surface area contributed by atoms with Crippen molar-refractivity contribution in [2.75, 3.05) is 0 Å². The second kappa shape index (κ2) is 6.23. The number of hydrogen-bond acceptors (Lipinski definition) is 1. The average molecular weight is 274 g/mol. The second-order valence-corrected chi connectivity index (χ2v) is 5.69. The molecule has 1 unspecified atom stereocenters. The summed E-state index contributed by atoms with van der Waals surface area (Å²) in [7, 11) is 0. The van der Waals surface area contributed by atoms with Crippen LogP contribution >= 0.6 is 11.6 Å². The highest BCUT2D eigenvalue weighted by Crippen LogP contribution is 2.20. The third-order valence-corrected chi connectivity index (χ3v) is 3.65. The predicted octanol–water partition coefficient (Wildman–Crippen LogP) is 4.71. The maximum absolute atomic E-state index is 6.23. The van der Waals surface area contributed by atoms with E-state index >= 15 is 0 Å². The summed E-state index contributed by atoms with van der Waals surface area (Å²) in [5.74, 6) is 0.569. The molecule has 0 radical (unpaired) electrons. The first kappa shape index (κ1) is 14.1. The van der Waals surface area contributed by atoms with Crippen LogP contribution in [0.3, 0.4) is 0 Å². The molecule has 0 aliphatic heterocycles. The van der Waals surface area contributed by atoms with Crippen molar-refractivity contribution in [3.05, 3.63) is 70.2 Å². The molecule has 2 aromatic rings. The monoisotopic (exact) mass is 273 g/mol. The van der Waals surface area contributed by atoms with Crippen molar-refractivity contribution >= 4 is 11.6 Å². The van der Waals surface area contributed by atoms with Crippen molar-refractivity contribution in [2.24, 2.45) is 5.73 Å². The number of halogens is 1. The average Bonchev–Trinajstić information content (AvgIpc) is 2.40. The van der Waals surface area contributed by atoms with Crippen LogP contribution < -0.4 is 5.73 Å². The lowest BCUT2D eigenvalue weighted by molar-refractivity contribution is 0.721. The Bertz CT molecular complexity index is 514. The molecule has 0 saturated carbocycles. The Balaban J connectivity index is 2.06. The Labute approximate surface area is 120 Å². The van der Waals surface area contributed by atoms with Crippen molar-refractivity contribution < 1.29 is 0 Å². The second-order valence-electron chi connectivity index (χ2n) is 5.26. The molecule has 0 aliphatic rings. The van der Waals surface area contributed by atoms with Crippen LogP contribution in [0.25, 0.3) is 0 Å². The van der Waals surface area contributed by atoms with E-state index in [-0.39, 0.29) is 6.04 Å². The topological polar surface area (TPSA) is 26.0 Å². The Kier molecular flexibility index (Phi) is 4.62. The van der Waals surface area contributed by atoms with Crippen LogP contribution in [0, 0.1) is 0 Å². The molecule has 0 bridgehead atoms. The highest BCUT2D eigenvalue weighted by Gasteiger charge is 2.07. The summed E-state index contributed by atoms with van der Waals surface area (Å²) >= 11 is 5.88. The van der Waals surface area contributed by atoms with Crippen LogP contribution in [0.15, 0.2) is 48.5 Å². The van der Waals surface area contributed by atoms with Gasteiger partial charge in [-0.2, -0.15) is 0 Å². The SMILES string of the molecule is CC(C)c1ccc(CC(N)c2ccc(Cl)cc2)cc1. The first-order chi connectivity index (χ1) is 9.06. The van der Waals surface area contributed by atoms with E-state index < -0.39 is 0 Å². The highest BCUT2D eigenvalue weighted by molar-refractivity contribution is 6.30. The molecular formula is C17H20ClN. The van der Waals surface area contributed by atoms with Crippen molar-refractivity contribution in [1.82, 2.24) is 0 Å². The first-order valence-corrected chi connectivity index (χ1v) is 7.04. The summed E-state index contributed by atoms with van der Waals surface area (Å²) in [4.78, 5) is 0. The number of benzene rings is 2. The van der Waals surface area contributed by atoms with Crippen molar-refractivity contribution in [3.8, 4) is 0 Å². The van der Waals surface area contributed by atoms with E-state index in [9.17, 15) is 0 Å². The van der Waals surface area contributed by atoms with Gasteiger partial charge in [0.05, 0.1) is 0 Å². The fourth-order valence-corrected chi connectivity index (χ4v) is 2.25. The smallest absolute Gasteiger partial charge is 0.0406 e. The van der Waals surface area contributed by atoms with Crippen LogP contribution in [0.1, 0.15) is 42.5 Å². The molecule has 0 fully saturated rings. The maximum Gasteiger partial charge on any atom is 0.0406 e. The Morgan fingerprint density at radius 3 is 1.95 bits per heavy atom. The summed E-state index contributed by atoms with van der Waals surface area (Å²) in [6.45, 7) is 4.41. The van der Waals surface area contributed by atoms with Crippen LogP contribution in [0.4, 0.5) is 0 Å². The van der Waals surface area contributed by atoms with Gasteiger partial charge in [0, 0.05) is 11.1 Å². The largest absolute Gasteiger partial charge is 0.324 e. The lowest BCUT2D eigenvalue weighted by Gasteiger charge is -2.13. The van der Waals surface area contributed by atoms with Gasteiger partial charge in [0.2, 0.25) is 0 Å². The Hall–Kier alpha value is -1.31. The summed E-state index contributed by atoms with van der Waals surface area (Å²) in [6.07, 6.45) is 0.847. The standard InChI is InChI=1S/C17H20ClN/c1-12(2)14-5-3-13(4-6-14)11-17(19)15-7-9-16(18)10-8-15/h3-10,12,17H,11,19H2,1-2H3. The molecule has 0 saturated heterocycles. The minimum Gasteiger partial charge on any atom is -0.324 e. The van der Waals surface area contributed by atoms with Gasteiger partial charge in [-0.15, -0.1) is 0 Å². The van der Waals surface area contributed by atoms with E-state index in [1.165, 1.54) is 11.1 Å². The highest BCUT2D eigenvalue weighted by atomic mass is 35.5. The van der Waals surface area contributed by atoms with Crippen LogP contribution in [-0.4, -0.2) is 0 Å². The zero-order chi connectivity index (χ0) is 13.8. The minimum atomic E-state index is 0.0159. The summed E-state index contributed by atoms with van der Waals surface area (Å²) < 4.78 is 0. The van der Waals surface area contributed by atoms with Crippen LogP contribution in [0.2, 0.25) is 5.02 Å². The molecule has 100 valence electrons. The molecular weight excluding hydrogens is 254 g/mol. The van der Waals surface area contributed by atoms with Gasteiger partial charge in [0.1, 0.15) is 0 Å². The third-order valence-electron chi connectivity index (χ3n) is 3.40. The van der Waals surface area contributed by atoms with Gasteiger partial charge in [-0.3, -0.25) is 0 Å². The summed E-state index contributed by atoms with van der Waals surface area (Å²) in [5, 5.41) is 0.747. The molecule has 1 nitrogen and oxygen atoms in total. The fraction of sp³-hybridized carbons (Fsp3) is 0.294. The molecule has 0 spiro atoms. The van der Waals surface area contributed by atoms with Crippen LogP contribution in [0.5, 0.6) is 0 Å². The maximum atomic E-state index is 6.23. The van der Waals surface area contributed by atoms with E-state index in [2.05, 4.69) is 38.1 Å². The Morgan fingerprint density at radius 2 is 1.42 bits per heavy atom. The molecule has 0 heterocycles. The molecule has 19 heavy (non-hydrogen) atoms. The zero-order valence-electron chi connectivity index (χ0n) is 11.4. The van der Waals surface area contributed by atoms with Gasteiger partial charge >= 0.3 is 0 Å². The molecule has 2 rings (SSSR count). The van der Waals surface area contributed by atoms with Crippen molar-refractivity contribution in [3.63, 3.8) is 0 Å². The van der Waals surface area contributed by atoms with Crippen molar-refractivity contribution in [2.45, 2.75) is 32.2 Å². The van der Waals surface area contributed by atoms with E-state index in [1.54, 1.807) is 0 Å². The van der Waals surface area contributed by atoms with E-state index in [0.717, 1.165) is 17.0 Å². The molecule has 0 amide bonds. The molecule has 2 N–H and O–H groups in total. The summed E-state index contributed by atoms with van der Waals surface area (Å²) in [5.41, 5.74) is 9.99. The quantitative estimate of drug-likeness (QED) is 0.858. The number of hydrogen-bond donors (Lipinski definition) is 1. The van der Waals surface area contributed by atoms with Gasteiger partial charge in [-0.1, -0.05) is 61.8 Å². The molecule has 2 aromatic carbocycles. The predicted molar refractivity (Wildman–Crippen MR) is 82.6 cm³/mol. The van der Waals surface area contributed by atoms with Gasteiger partial charge in [0.15, 0.2) is 0 Å². The zero-order valence-corrected chi connectivity index (χ0v) is 12.2. The number of nitrogens with two attached hydrogens (primary N) is 1.